The number of hydrogen-bond acceptors (Lipinski definition) is 4. The Balaban J connectivity index is 2.07. The molecule has 0 aliphatic carbocycles. The Labute approximate surface area is 120 Å². The van der Waals surface area contributed by atoms with Crippen molar-refractivity contribution in [2.75, 3.05) is 34.3 Å². The van der Waals surface area contributed by atoms with Gasteiger partial charge >= 0.3 is 0 Å². The maximum absolute atomic E-state index is 12.5. The van der Waals surface area contributed by atoms with Crippen molar-refractivity contribution < 1.29 is 13.9 Å². The minimum Gasteiger partial charge on any atom is -0.468 e. The lowest BCUT2D eigenvalue weighted by Gasteiger charge is -2.24. The van der Waals surface area contributed by atoms with Gasteiger partial charge in [-0.15, -0.1) is 0 Å². The Bertz CT molecular complexity index is 456. The maximum atomic E-state index is 12.5. The molecule has 0 saturated carbocycles. The first-order valence-corrected chi connectivity index (χ1v) is 7.16. The van der Waals surface area contributed by atoms with Crippen molar-refractivity contribution in [2.45, 2.75) is 25.8 Å². The van der Waals surface area contributed by atoms with Crippen LogP contribution in [0.2, 0.25) is 0 Å². The molecule has 5 heteroatoms. The number of ether oxygens (including phenoxy) is 1. The molecule has 1 fully saturated rings. The van der Waals surface area contributed by atoms with Gasteiger partial charge in [-0.2, -0.15) is 0 Å². The van der Waals surface area contributed by atoms with Gasteiger partial charge in [-0.25, -0.2) is 0 Å². The number of nitrogens with zero attached hydrogens (tertiary/aromatic N) is 2. The first-order valence-electron chi connectivity index (χ1n) is 7.16. The summed E-state index contributed by atoms with van der Waals surface area (Å²) in [5.74, 6) is 1.23. The number of carbonyl (C=O) groups excluding carboxylic acids is 1. The Morgan fingerprint density at radius 1 is 1.45 bits per heavy atom. The van der Waals surface area contributed by atoms with Gasteiger partial charge < -0.3 is 19.0 Å². The third kappa shape index (κ3) is 2.98. The molecule has 5 nitrogen and oxygen atoms in total. The van der Waals surface area contributed by atoms with Gasteiger partial charge in [0.25, 0.3) is 11.9 Å². The van der Waals surface area contributed by atoms with E-state index in [1.165, 1.54) is 7.11 Å². The smallest absolute Gasteiger partial charge is 0.289 e. The average molecular weight is 280 g/mol. The summed E-state index contributed by atoms with van der Waals surface area (Å²) >= 11 is 0. The molecule has 2 heterocycles. The van der Waals surface area contributed by atoms with E-state index in [0.717, 1.165) is 25.9 Å². The zero-order valence-corrected chi connectivity index (χ0v) is 12.8. The number of methoxy groups -OCH3 is 1. The van der Waals surface area contributed by atoms with Crippen LogP contribution in [-0.2, 0) is 0 Å². The lowest BCUT2D eigenvalue weighted by Crippen LogP contribution is -2.36. The highest BCUT2D eigenvalue weighted by molar-refractivity contribution is 5.91. The largest absolute Gasteiger partial charge is 0.468 e. The molecule has 0 aromatic carbocycles. The van der Waals surface area contributed by atoms with Crippen LogP contribution < -0.4 is 4.74 Å². The van der Waals surface area contributed by atoms with Crippen molar-refractivity contribution in [1.29, 1.82) is 0 Å². The highest BCUT2D eigenvalue weighted by atomic mass is 16.6. The van der Waals surface area contributed by atoms with Crippen molar-refractivity contribution in [2.24, 2.45) is 5.92 Å². The summed E-state index contributed by atoms with van der Waals surface area (Å²) in [5, 5.41) is 0. The topological polar surface area (TPSA) is 45.9 Å². The van der Waals surface area contributed by atoms with Gasteiger partial charge in [0, 0.05) is 25.2 Å². The Morgan fingerprint density at radius 2 is 2.20 bits per heavy atom. The lowest BCUT2D eigenvalue weighted by atomic mass is 9.98. The van der Waals surface area contributed by atoms with E-state index < -0.39 is 0 Å². The molecule has 112 valence electrons. The molecule has 2 rings (SSSR count). The summed E-state index contributed by atoms with van der Waals surface area (Å²) in [7, 11) is 5.69. The summed E-state index contributed by atoms with van der Waals surface area (Å²) in [6.07, 6.45) is 2.29. The van der Waals surface area contributed by atoms with Crippen LogP contribution >= 0.6 is 0 Å². The van der Waals surface area contributed by atoms with Crippen molar-refractivity contribution in [1.82, 2.24) is 9.80 Å². The van der Waals surface area contributed by atoms with E-state index in [0.29, 0.717) is 23.7 Å². The Kier molecular flexibility index (Phi) is 4.70. The van der Waals surface area contributed by atoms with Gasteiger partial charge in [0.05, 0.1) is 7.11 Å². The number of likely N-dealkylation sites (N-methyl/N-ethyl adjacent to an activating group) is 1. The maximum Gasteiger partial charge on any atom is 0.289 e. The van der Waals surface area contributed by atoms with Crippen LogP contribution in [0.25, 0.3) is 0 Å². The Hall–Kier alpha value is -1.49. The second-order valence-electron chi connectivity index (χ2n) is 5.61. The molecule has 2 atom stereocenters. The fourth-order valence-corrected chi connectivity index (χ4v) is 2.96. The van der Waals surface area contributed by atoms with Crippen molar-refractivity contribution >= 4 is 5.91 Å². The molecular weight excluding hydrogens is 256 g/mol. The first-order chi connectivity index (χ1) is 9.56. The molecule has 0 radical (unpaired) electrons. The first kappa shape index (κ1) is 14.9. The SMILES string of the molecule is CCCC1CN(C(=O)c2ccc(OC)o2)CC1N(C)C. The van der Waals surface area contributed by atoms with E-state index in [2.05, 4.69) is 25.9 Å². The number of carbonyl (C=O) groups is 1. The third-order valence-electron chi connectivity index (χ3n) is 4.01. The molecular formula is C15H24N2O3. The summed E-state index contributed by atoms with van der Waals surface area (Å²) in [5.41, 5.74) is 0. The van der Waals surface area contributed by atoms with Crippen LogP contribution in [0.5, 0.6) is 5.95 Å². The van der Waals surface area contributed by atoms with E-state index >= 15 is 0 Å². The van der Waals surface area contributed by atoms with Crippen molar-refractivity contribution in [3.05, 3.63) is 17.9 Å². The van der Waals surface area contributed by atoms with E-state index in [-0.39, 0.29) is 5.91 Å². The summed E-state index contributed by atoms with van der Waals surface area (Å²) in [6, 6.07) is 3.78. The van der Waals surface area contributed by atoms with E-state index in [1.807, 2.05) is 4.90 Å². The number of rotatable bonds is 5. The number of furan rings is 1. The highest BCUT2D eigenvalue weighted by Crippen LogP contribution is 2.27. The van der Waals surface area contributed by atoms with Gasteiger partial charge in [0.15, 0.2) is 5.76 Å². The van der Waals surface area contributed by atoms with E-state index in [9.17, 15) is 4.79 Å². The standard InChI is InChI=1S/C15H24N2O3/c1-5-6-11-9-17(10-12(11)16(2)3)15(18)13-7-8-14(19-4)20-13/h7-8,11-12H,5-6,9-10H2,1-4H3. The highest BCUT2D eigenvalue weighted by Gasteiger charge is 2.36. The third-order valence-corrected chi connectivity index (χ3v) is 4.01. The fraction of sp³-hybridized carbons (Fsp3) is 0.667. The average Bonchev–Trinajstić information content (AvgIpc) is 3.04. The number of likely N-dealkylation sites (tertiary alicyclic amines) is 1. The van der Waals surface area contributed by atoms with E-state index in [1.54, 1.807) is 12.1 Å². The van der Waals surface area contributed by atoms with Crippen LogP contribution in [0.4, 0.5) is 0 Å². The molecule has 0 spiro atoms. The molecule has 1 aromatic heterocycles. The molecule has 1 amide bonds. The minimum absolute atomic E-state index is 0.0428. The zero-order valence-electron chi connectivity index (χ0n) is 12.8. The minimum atomic E-state index is -0.0428. The van der Waals surface area contributed by atoms with Gasteiger partial charge in [-0.3, -0.25) is 4.79 Å². The quantitative estimate of drug-likeness (QED) is 0.828. The Morgan fingerprint density at radius 3 is 2.75 bits per heavy atom. The lowest BCUT2D eigenvalue weighted by molar-refractivity contribution is 0.0743. The summed E-state index contributed by atoms with van der Waals surface area (Å²) < 4.78 is 10.4. The molecule has 0 bridgehead atoms. The molecule has 1 aliphatic rings. The van der Waals surface area contributed by atoms with Gasteiger partial charge in [0.1, 0.15) is 0 Å². The fourth-order valence-electron chi connectivity index (χ4n) is 2.96. The van der Waals surface area contributed by atoms with Crippen molar-refractivity contribution in [3.8, 4) is 5.95 Å². The normalized spacial score (nSPS) is 22.6. The van der Waals surface area contributed by atoms with Crippen LogP contribution in [0.3, 0.4) is 0 Å². The monoisotopic (exact) mass is 280 g/mol. The van der Waals surface area contributed by atoms with Crippen LogP contribution in [0.15, 0.2) is 16.5 Å². The molecule has 1 aromatic rings. The van der Waals surface area contributed by atoms with Gasteiger partial charge in [-0.05, 0) is 32.5 Å². The van der Waals surface area contributed by atoms with Crippen LogP contribution in [-0.4, -0.2) is 56.0 Å². The van der Waals surface area contributed by atoms with Crippen LogP contribution in [0.1, 0.15) is 30.3 Å². The van der Waals surface area contributed by atoms with Gasteiger partial charge in [-0.1, -0.05) is 13.3 Å². The zero-order chi connectivity index (χ0) is 14.7. The number of hydrogen-bond donors (Lipinski definition) is 0. The van der Waals surface area contributed by atoms with Gasteiger partial charge in [0.2, 0.25) is 0 Å². The predicted molar refractivity (Wildman–Crippen MR) is 77.0 cm³/mol. The van der Waals surface area contributed by atoms with Crippen molar-refractivity contribution in [3.63, 3.8) is 0 Å². The second-order valence-corrected chi connectivity index (χ2v) is 5.61. The molecule has 0 N–H and O–H groups in total. The predicted octanol–water partition coefficient (Wildman–Crippen LogP) is 2.09. The second kappa shape index (κ2) is 6.31. The molecule has 2 unspecified atom stereocenters. The summed E-state index contributed by atoms with van der Waals surface area (Å²) in [4.78, 5) is 16.6. The summed E-state index contributed by atoms with van der Waals surface area (Å²) in [6.45, 7) is 3.76. The molecule has 1 saturated heterocycles. The molecule has 1 aliphatic heterocycles. The van der Waals surface area contributed by atoms with Crippen LogP contribution in [0, 0.1) is 5.92 Å². The molecule has 20 heavy (non-hydrogen) atoms. The van der Waals surface area contributed by atoms with E-state index in [4.69, 9.17) is 9.15 Å². The number of amides is 1.